The van der Waals surface area contributed by atoms with Crippen molar-refractivity contribution >= 4 is 5.91 Å². The van der Waals surface area contributed by atoms with Gasteiger partial charge in [0, 0.05) is 36.7 Å². The van der Waals surface area contributed by atoms with Crippen LogP contribution in [0.1, 0.15) is 53.1 Å². The van der Waals surface area contributed by atoms with E-state index in [1.807, 2.05) is 6.20 Å². The molecule has 0 bridgehead atoms. The first-order valence-corrected chi connectivity index (χ1v) is 11.7. The third-order valence-corrected chi connectivity index (χ3v) is 7.18. The van der Waals surface area contributed by atoms with Crippen molar-refractivity contribution in [1.82, 2.24) is 15.1 Å². The molecule has 4 aliphatic rings. The van der Waals surface area contributed by atoms with E-state index in [0.29, 0.717) is 39.4 Å². The van der Waals surface area contributed by atoms with Gasteiger partial charge in [0.05, 0.1) is 38.0 Å². The number of ether oxygens (including phenoxy) is 3. The summed E-state index contributed by atoms with van der Waals surface area (Å²) in [6.45, 7) is 2.54. The third-order valence-electron chi connectivity index (χ3n) is 7.18. The predicted octanol–water partition coefficient (Wildman–Crippen LogP) is 3.07. The molecule has 0 aromatic carbocycles. The maximum atomic E-state index is 14.3. The first kappa shape index (κ1) is 22.1. The van der Waals surface area contributed by atoms with E-state index in [1.165, 1.54) is 0 Å². The fraction of sp³-hybridized carbons (Fsp3) is 0.652. The van der Waals surface area contributed by atoms with Gasteiger partial charge in [-0.05, 0) is 25.7 Å². The summed E-state index contributed by atoms with van der Waals surface area (Å²) in [5, 5.41) is 7.12. The monoisotopic (exact) mass is 481 g/mol. The second-order valence-corrected chi connectivity index (χ2v) is 9.59. The number of nitrogens with zero attached hydrogens (tertiary/aromatic N) is 2. The summed E-state index contributed by atoms with van der Waals surface area (Å²) < 4.78 is 66.8. The molecule has 1 spiro atoms. The summed E-state index contributed by atoms with van der Waals surface area (Å²) >= 11 is 0. The van der Waals surface area contributed by atoms with E-state index in [9.17, 15) is 18.0 Å². The van der Waals surface area contributed by atoms with E-state index >= 15 is 0 Å². The van der Waals surface area contributed by atoms with Crippen LogP contribution < -0.4 is 5.32 Å². The molecular formula is C23H26F3N3O5. The zero-order valence-electron chi connectivity index (χ0n) is 18.6. The normalized spacial score (nSPS) is 25.3. The van der Waals surface area contributed by atoms with Crippen molar-refractivity contribution in [2.24, 2.45) is 0 Å². The number of carbonyl (C=O) groups is 1. The summed E-state index contributed by atoms with van der Waals surface area (Å²) in [6.07, 6.45) is 0.298. The van der Waals surface area contributed by atoms with Gasteiger partial charge in [0.15, 0.2) is 0 Å². The van der Waals surface area contributed by atoms with Crippen LogP contribution in [0.5, 0.6) is 0 Å². The van der Waals surface area contributed by atoms with Gasteiger partial charge in [0.1, 0.15) is 23.1 Å². The van der Waals surface area contributed by atoms with Crippen molar-refractivity contribution in [3.63, 3.8) is 0 Å². The van der Waals surface area contributed by atoms with Gasteiger partial charge in [-0.2, -0.15) is 18.3 Å². The van der Waals surface area contributed by atoms with Crippen LogP contribution in [0.15, 0.2) is 10.6 Å². The Balaban J connectivity index is 1.36. The molecule has 0 radical (unpaired) electrons. The van der Waals surface area contributed by atoms with Gasteiger partial charge in [0.2, 0.25) is 5.76 Å². The molecule has 2 saturated heterocycles. The van der Waals surface area contributed by atoms with Gasteiger partial charge in [-0.25, -0.2) is 0 Å². The number of alkyl halides is 3. The fourth-order valence-corrected chi connectivity index (χ4v) is 5.31. The molecular weight excluding hydrogens is 455 g/mol. The third kappa shape index (κ3) is 3.83. The lowest BCUT2D eigenvalue weighted by molar-refractivity contribution is -0.137. The van der Waals surface area contributed by atoms with Crippen LogP contribution >= 0.6 is 0 Å². The summed E-state index contributed by atoms with van der Waals surface area (Å²) in [6, 6.07) is 0. The number of rotatable bonds is 5. The molecule has 2 unspecified atom stereocenters. The van der Waals surface area contributed by atoms with Gasteiger partial charge in [-0.15, -0.1) is 0 Å². The quantitative estimate of drug-likeness (QED) is 0.707. The maximum absolute atomic E-state index is 14.3. The first-order chi connectivity index (χ1) is 16.3. The predicted molar refractivity (Wildman–Crippen MR) is 111 cm³/mol. The summed E-state index contributed by atoms with van der Waals surface area (Å²) in [4.78, 5) is 12.8. The second-order valence-electron chi connectivity index (χ2n) is 9.59. The van der Waals surface area contributed by atoms with Crippen LogP contribution in [0, 0.1) is 0 Å². The molecule has 8 nitrogen and oxygen atoms in total. The lowest BCUT2D eigenvalue weighted by Crippen LogP contribution is -2.32. The topological polar surface area (TPSA) is 87.8 Å². The van der Waals surface area contributed by atoms with E-state index in [4.69, 9.17) is 18.6 Å². The SMILES string of the molecule is O=C(NCC1CCCO1)c1oc2c(c1C(F)(F)F)-c1nn(CC3COCCO3)cc1C1(CC1)C2. The Morgan fingerprint density at radius 2 is 2.03 bits per heavy atom. The first-order valence-electron chi connectivity index (χ1n) is 11.7. The van der Waals surface area contributed by atoms with Crippen molar-refractivity contribution in [3.05, 3.63) is 28.8 Å². The molecule has 1 N–H and O–H groups in total. The molecule has 1 saturated carbocycles. The molecule has 4 heterocycles. The number of hydrogen-bond acceptors (Lipinski definition) is 6. The molecule has 2 aromatic heterocycles. The molecule has 2 atom stereocenters. The van der Waals surface area contributed by atoms with Crippen molar-refractivity contribution < 1.29 is 36.6 Å². The highest BCUT2D eigenvalue weighted by molar-refractivity contribution is 5.96. The van der Waals surface area contributed by atoms with Crippen molar-refractivity contribution in [3.8, 4) is 11.3 Å². The Labute approximate surface area is 193 Å². The summed E-state index contributed by atoms with van der Waals surface area (Å²) in [5.74, 6) is -1.39. The summed E-state index contributed by atoms with van der Waals surface area (Å²) in [5.41, 5.74) is -0.399. The lowest BCUT2D eigenvalue weighted by Gasteiger charge is -2.22. The van der Waals surface area contributed by atoms with Crippen LogP contribution in [0.4, 0.5) is 13.2 Å². The average molecular weight is 481 g/mol. The van der Waals surface area contributed by atoms with Crippen LogP contribution in [0.2, 0.25) is 0 Å². The van der Waals surface area contributed by atoms with Crippen LogP contribution in [-0.2, 0) is 38.8 Å². The minimum absolute atomic E-state index is 0.109. The number of amides is 1. The second kappa shape index (κ2) is 8.10. The maximum Gasteiger partial charge on any atom is 0.420 e. The van der Waals surface area contributed by atoms with Crippen LogP contribution in [-0.4, -0.2) is 60.9 Å². The number of nitrogens with one attached hydrogen (secondary N) is 1. The van der Waals surface area contributed by atoms with Gasteiger partial charge in [-0.3, -0.25) is 9.48 Å². The Hall–Kier alpha value is -2.37. The lowest BCUT2D eigenvalue weighted by atomic mass is 9.82. The average Bonchev–Trinajstić information content (AvgIpc) is 3.17. The Bertz CT molecular complexity index is 1090. The molecule has 1 amide bonds. The number of fused-ring (bicyclic) bond motifs is 4. The van der Waals surface area contributed by atoms with Crippen molar-refractivity contribution in [2.75, 3.05) is 33.0 Å². The van der Waals surface area contributed by atoms with Crippen molar-refractivity contribution in [1.29, 1.82) is 0 Å². The molecule has 3 fully saturated rings. The Morgan fingerprint density at radius 1 is 1.21 bits per heavy atom. The highest BCUT2D eigenvalue weighted by Crippen LogP contribution is 2.59. The minimum Gasteiger partial charge on any atom is -0.454 e. The van der Waals surface area contributed by atoms with Crippen LogP contribution in [0.25, 0.3) is 11.3 Å². The Kier molecular flexibility index (Phi) is 5.27. The van der Waals surface area contributed by atoms with Gasteiger partial charge in [-0.1, -0.05) is 0 Å². The van der Waals surface area contributed by atoms with E-state index in [-0.39, 0.29) is 41.2 Å². The number of aromatic nitrogens is 2. The smallest absolute Gasteiger partial charge is 0.420 e. The zero-order chi connectivity index (χ0) is 23.5. The number of halogens is 3. The molecule has 2 aromatic rings. The molecule has 2 aliphatic carbocycles. The van der Waals surface area contributed by atoms with Crippen molar-refractivity contribution in [2.45, 2.75) is 62.4 Å². The van der Waals surface area contributed by atoms with E-state index in [2.05, 4.69) is 10.4 Å². The largest absolute Gasteiger partial charge is 0.454 e. The van der Waals surface area contributed by atoms with Gasteiger partial charge in [0.25, 0.3) is 5.91 Å². The van der Waals surface area contributed by atoms with E-state index in [0.717, 1.165) is 31.2 Å². The fourth-order valence-electron chi connectivity index (χ4n) is 5.31. The number of carbonyl (C=O) groups excluding carboxylic acids is 1. The van der Waals surface area contributed by atoms with E-state index < -0.39 is 23.4 Å². The van der Waals surface area contributed by atoms with Gasteiger partial charge < -0.3 is 23.9 Å². The standard InChI is InChI=1S/C23H26F3N3O5/c24-23(25,26)18-17-16(34-20(18)21(30)27-9-13-2-1-5-32-13)8-22(3-4-22)15-11-29(28-19(15)17)10-14-12-31-6-7-33-14/h11,13-14H,1-10,12H2,(H,27,30). The van der Waals surface area contributed by atoms with E-state index in [1.54, 1.807) is 4.68 Å². The molecule has 11 heteroatoms. The molecule has 184 valence electrons. The number of hydrogen-bond donors (Lipinski definition) is 1. The molecule has 6 rings (SSSR count). The Morgan fingerprint density at radius 3 is 2.71 bits per heavy atom. The van der Waals surface area contributed by atoms with Crippen LogP contribution in [0.3, 0.4) is 0 Å². The van der Waals surface area contributed by atoms with Gasteiger partial charge >= 0.3 is 6.18 Å². The zero-order valence-corrected chi connectivity index (χ0v) is 18.6. The highest BCUT2D eigenvalue weighted by Gasteiger charge is 2.55. The molecule has 2 aliphatic heterocycles. The molecule has 34 heavy (non-hydrogen) atoms. The highest BCUT2D eigenvalue weighted by atomic mass is 19.4. The number of furan rings is 1. The minimum atomic E-state index is -4.77. The summed E-state index contributed by atoms with van der Waals surface area (Å²) in [7, 11) is 0.